The van der Waals surface area contributed by atoms with Crippen molar-refractivity contribution in [2.75, 3.05) is 0 Å². The topological polar surface area (TPSA) is 46.5 Å². The minimum absolute atomic E-state index is 0.0754. The van der Waals surface area contributed by atoms with Crippen LogP contribution in [0.25, 0.3) is 11.1 Å². The molecule has 0 radical (unpaired) electrons. The van der Waals surface area contributed by atoms with Crippen LogP contribution in [0.3, 0.4) is 0 Å². The molecule has 0 aliphatic heterocycles. The Balaban J connectivity index is 0.000000250. The maximum absolute atomic E-state index is 11.2. The van der Waals surface area contributed by atoms with Gasteiger partial charge in [0.05, 0.1) is 5.56 Å². The summed E-state index contributed by atoms with van der Waals surface area (Å²) in [7, 11) is 0. The van der Waals surface area contributed by atoms with E-state index in [9.17, 15) is 4.79 Å². The van der Waals surface area contributed by atoms with Crippen LogP contribution in [0.2, 0.25) is 0 Å². The average Bonchev–Trinajstić information content (AvgIpc) is 2.63. The molecule has 2 aliphatic rings. The van der Waals surface area contributed by atoms with Gasteiger partial charge in [-0.1, -0.05) is 66.6 Å². The summed E-state index contributed by atoms with van der Waals surface area (Å²) in [6.07, 6.45) is 5.37. The largest absolute Gasteiger partial charge is 0.487 e. The smallest absolute Gasteiger partial charge is 0.339 e. The number of hydrogen-bond acceptors (Lipinski definition) is 2. The zero-order chi connectivity index (χ0) is 17.6. The van der Waals surface area contributed by atoms with E-state index in [1.807, 2.05) is 30.3 Å². The van der Waals surface area contributed by atoms with Crippen LogP contribution >= 0.6 is 0 Å². The molecule has 0 bridgehead atoms. The van der Waals surface area contributed by atoms with Gasteiger partial charge in [-0.05, 0) is 28.8 Å². The molecule has 122 valence electrons. The molecule has 0 unspecified atom stereocenters. The highest BCUT2D eigenvalue weighted by molar-refractivity contribution is 5.91. The van der Waals surface area contributed by atoms with Gasteiger partial charge in [0, 0.05) is 0 Å². The van der Waals surface area contributed by atoms with E-state index in [0.29, 0.717) is 5.56 Å². The molecular formula is C22H16O3. The second kappa shape index (κ2) is 7.37. The van der Waals surface area contributed by atoms with Crippen molar-refractivity contribution < 1.29 is 14.6 Å². The highest BCUT2D eigenvalue weighted by Crippen LogP contribution is 2.29. The van der Waals surface area contributed by atoms with Crippen LogP contribution < -0.4 is 4.74 Å². The van der Waals surface area contributed by atoms with Crippen LogP contribution in [0, 0.1) is 12.3 Å². The molecule has 0 amide bonds. The zero-order valence-electron chi connectivity index (χ0n) is 13.5. The van der Waals surface area contributed by atoms with Gasteiger partial charge < -0.3 is 9.84 Å². The van der Waals surface area contributed by atoms with Gasteiger partial charge >= 0.3 is 5.97 Å². The first-order chi connectivity index (χ1) is 12.2. The fourth-order valence-corrected chi connectivity index (χ4v) is 2.37. The van der Waals surface area contributed by atoms with Crippen molar-refractivity contribution in [2.45, 2.75) is 6.61 Å². The lowest BCUT2D eigenvalue weighted by Gasteiger charge is -2.11. The molecule has 0 aromatic heterocycles. The van der Waals surface area contributed by atoms with Gasteiger partial charge in [-0.3, -0.25) is 0 Å². The number of carboxylic acid groups (broad SMARTS) is 1. The van der Waals surface area contributed by atoms with Crippen molar-refractivity contribution in [1.29, 1.82) is 0 Å². The Labute approximate surface area is 146 Å². The standard InChI is InChI=1S/C16H12O3.C6H4/c1-2-13-9-6-10-14(16(17)18)15(13)19-11-12-7-4-3-5-8-12;1-2-6-4-3-5(1)6/h1,3-10H,11H2,(H,17,18);1-4H. The molecule has 4 rings (SSSR count). The van der Waals surface area contributed by atoms with Crippen molar-refractivity contribution in [3.05, 3.63) is 89.5 Å². The number of carbonyl (C=O) groups is 1. The second-order valence-electron chi connectivity index (χ2n) is 5.48. The summed E-state index contributed by atoms with van der Waals surface area (Å²) in [5.41, 5.74) is 4.32. The third kappa shape index (κ3) is 3.70. The first kappa shape index (κ1) is 16.4. The first-order valence-electron chi connectivity index (χ1n) is 7.79. The Hall–Kier alpha value is -3.51. The quantitative estimate of drug-likeness (QED) is 0.556. The summed E-state index contributed by atoms with van der Waals surface area (Å²) in [6, 6.07) is 22.7. The summed E-state index contributed by atoms with van der Waals surface area (Å²) < 4.78 is 5.58. The predicted molar refractivity (Wildman–Crippen MR) is 97.5 cm³/mol. The van der Waals surface area contributed by atoms with E-state index >= 15 is 0 Å². The van der Waals surface area contributed by atoms with E-state index < -0.39 is 5.97 Å². The van der Waals surface area contributed by atoms with Crippen LogP contribution in [0.15, 0.2) is 72.8 Å². The lowest BCUT2D eigenvalue weighted by Crippen LogP contribution is -2.05. The van der Waals surface area contributed by atoms with Gasteiger partial charge in [0.15, 0.2) is 0 Å². The van der Waals surface area contributed by atoms with Crippen molar-refractivity contribution in [3.8, 4) is 29.2 Å². The van der Waals surface area contributed by atoms with Gasteiger partial charge in [-0.2, -0.15) is 0 Å². The Morgan fingerprint density at radius 3 is 2.04 bits per heavy atom. The fraction of sp³-hybridized carbons (Fsp3) is 0.0455. The van der Waals surface area contributed by atoms with Crippen molar-refractivity contribution in [2.24, 2.45) is 0 Å². The van der Waals surface area contributed by atoms with Crippen LogP contribution in [0.5, 0.6) is 5.75 Å². The van der Waals surface area contributed by atoms with Crippen molar-refractivity contribution in [3.63, 3.8) is 0 Å². The number of fused-ring (bicyclic) bond motifs is 1. The molecule has 2 aromatic carbocycles. The normalized spacial score (nSPS) is 10.0. The van der Waals surface area contributed by atoms with E-state index in [0.717, 1.165) is 5.56 Å². The SMILES string of the molecule is C#Cc1cccc(C(=O)O)c1OCc1ccccc1.c1cc2ccc1-2. The van der Waals surface area contributed by atoms with Crippen LogP contribution in [-0.4, -0.2) is 11.1 Å². The lowest BCUT2D eigenvalue weighted by molar-refractivity contribution is 0.0691. The third-order valence-corrected chi connectivity index (χ3v) is 3.85. The number of benzene rings is 3. The van der Waals surface area contributed by atoms with Crippen LogP contribution in [0.1, 0.15) is 21.5 Å². The molecular weight excluding hydrogens is 312 g/mol. The summed E-state index contributed by atoms with van der Waals surface area (Å²) >= 11 is 0. The monoisotopic (exact) mass is 328 g/mol. The molecule has 25 heavy (non-hydrogen) atoms. The highest BCUT2D eigenvalue weighted by atomic mass is 16.5. The van der Waals surface area contributed by atoms with Gasteiger partial charge in [0.1, 0.15) is 17.9 Å². The van der Waals surface area contributed by atoms with Crippen LogP contribution in [0.4, 0.5) is 0 Å². The molecule has 2 aromatic rings. The summed E-state index contributed by atoms with van der Waals surface area (Å²) in [5.74, 6) is 1.62. The summed E-state index contributed by atoms with van der Waals surface area (Å²) in [6.45, 7) is 0.278. The van der Waals surface area contributed by atoms with Gasteiger partial charge in [-0.25, -0.2) is 4.79 Å². The van der Waals surface area contributed by atoms with Gasteiger partial charge in [-0.15, -0.1) is 6.42 Å². The minimum atomic E-state index is -1.06. The molecule has 0 atom stereocenters. The molecule has 0 saturated heterocycles. The molecule has 3 heteroatoms. The lowest BCUT2D eigenvalue weighted by atomic mass is 9.95. The third-order valence-electron chi connectivity index (χ3n) is 3.85. The maximum atomic E-state index is 11.2. The Morgan fingerprint density at radius 2 is 1.56 bits per heavy atom. The predicted octanol–water partition coefficient (Wildman–Crippen LogP) is 4.61. The van der Waals surface area contributed by atoms with Crippen LogP contribution in [-0.2, 0) is 6.61 Å². The average molecular weight is 328 g/mol. The Morgan fingerprint density at radius 1 is 0.920 bits per heavy atom. The van der Waals surface area contributed by atoms with Crippen molar-refractivity contribution >= 4 is 5.97 Å². The number of carboxylic acids is 1. The number of para-hydroxylation sites is 1. The van der Waals surface area contributed by atoms with E-state index in [1.165, 1.54) is 17.2 Å². The van der Waals surface area contributed by atoms with Crippen molar-refractivity contribution in [1.82, 2.24) is 0 Å². The molecule has 2 aliphatic carbocycles. The van der Waals surface area contributed by atoms with E-state index in [1.54, 1.807) is 12.1 Å². The molecule has 0 heterocycles. The minimum Gasteiger partial charge on any atom is -0.487 e. The first-order valence-corrected chi connectivity index (χ1v) is 7.79. The number of aromatic carboxylic acids is 1. The number of ether oxygens (including phenoxy) is 1. The summed E-state index contributed by atoms with van der Waals surface area (Å²) in [4.78, 5) is 11.2. The molecule has 3 nitrogen and oxygen atoms in total. The van der Waals surface area contributed by atoms with Gasteiger partial charge in [0.25, 0.3) is 0 Å². The molecule has 0 spiro atoms. The Kier molecular flexibility index (Phi) is 4.82. The molecule has 1 N–H and O–H groups in total. The fourth-order valence-electron chi connectivity index (χ4n) is 2.37. The summed E-state index contributed by atoms with van der Waals surface area (Å²) in [5, 5.41) is 9.13. The van der Waals surface area contributed by atoms with Gasteiger partial charge in [0.2, 0.25) is 0 Å². The Bertz CT molecular complexity index is 899. The molecule has 0 fully saturated rings. The second-order valence-corrected chi connectivity index (χ2v) is 5.48. The zero-order valence-corrected chi connectivity index (χ0v) is 13.5. The molecule has 0 saturated carbocycles. The van der Waals surface area contributed by atoms with E-state index in [2.05, 4.69) is 30.2 Å². The highest BCUT2D eigenvalue weighted by Gasteiger charge is 2.14. The number of terminal acetylenes is 1. The van der Waals surface area contributed by atoms with E-state index in [-0.39, 0.29) is 17.9 Å². The van der Waals surface area contributed by atoms with E-state index in [4.69, 9.17) is 16.3 Å². The number of hydrogen-bond donors (Lipinski definition) is 1. The maximum Gasteiger partial charge on any atom is 0.339 e. The number of rotatable bonds is 4.